The minimum absolute atomic E-state index is 0.248. The van der Waals surface area contributed by atoms with Crippen LogP contribution in [0.4, 0.5) is 0 Å². The molecule has 0 aromatic rings. The van der Waals surface area contributed by atoms with Gasteiger partial charge < -0.3 is 0 Å². The van der Waals surface area contributed by atoms with Gasteiger partial charge >= 0.3 is 0 Å². The molecule has 0 N–H and O–H groups in total. The Morgan fingerprint density at radius 3 is 2.00 bits per heavy atom. The van der Waals surface area contributed by atoms with Gasteiger partial charge in [-0.15, -0.1) is 6.42 Å². The van der Waals surface area contributed by atoms with Crippen LogP contribution in [-0.2, 0) is 0 Å². The number of rotatable bonds is 1. The highest BCUT2D eigenvalue weighted by molar-refractivity contribution is 5.08. The van der Waals surface area contributed by atoms with Gasteiger partial charge in [0.25, 0.3) is 0 Å². The highest BCUT2D eigenvalue weighted by Crippen LogP contribution is 2.41. The van der Waals surface area contributed by atoms with Crippen molar-refractivity contribution in [1.29, 1.82) is 0 Å². The van der Waals surface area contributed by atoms with Crippen LogP contribution in [0.2, 0.25) is 0 Å². The van der Waals surface area contributed by atoms with E-state index in [-0.39, 0.29) is 5.41 Å². The molecule has 0 saturated heterocycles. The van der Waals surface area contributed by atoms with E-state index < -0.39 is 0 Å². The zero-order valence-electron chi connectivity index (χ0n) is 7.69. The molecule has 0 bridgehead atoms. The molecule has 0 radical (unpaired) electrons. The summed E-state index contributed by atoms with van der Waals surface area (Å²) < 4.78 is 0. The Labute approximate surface area is 70.4 Å². The van der Waals surface area contributed by atoms with Gasteiger partial charge in [0.05, 0.1) is 0 Å². The first-order valence-corrected chi connectivity index (χ1v) is 4.69. The summed E-state index contributed by atoms with van der Waals surface area (Å²) in [6.07, 6.45) is 12.1. The Morgan fingerprint density at radius 1 is 1.18 bits per heavy atom. The Bertz CT molecular complexity index is 153. The van der Waals surface area contributed by atoms with Gasteiger partial charge in [0.1, 0.15) is 0 Å². The van der Waals surface area contributed by atoms with Crippen molar-refractivity contribution in [2.75, 3.05) is 0 Å². The summed E-state index contributed by atoms with van der Waals surface area (Å²) in [5, 5.41) is 0. The largest absolute Gasteiger partial charge is 0.120 e. The Hall–Kier alpha value is -0.440. The van der Waals surface area contributed by atoms with Crippen LogP contribution in [0, 0.1) is 23.7 Å². The SMILES string of the molecule is C#CC1(C(C)C)CCCCC1. The fourth-order valence-electron chi connectivity index (χ4n) is 2.07. The lowest BCUT2D eigenvalue weighted by Crippen LogP contribution is -2.27. The molecule has 1 saturated carbocycles. The molecular formula is C11H18. The third kappa shape index (κ3) is 1.59. The second kappa shape index (κ2) is 3.30. The standard InChI is InChI=1S/C11H18/c1-4-11(10(2)3)8-6-5-7-9-11/h1,10H,5-9H2,2-3H3. The molecule has 0 spiro atoms. The van der Waals surface area contributed by atoms with Crippen LogP contribution in [0.15, 0.2) is 0 Å². The first-order valence-electron chi connectivity index (χ1n) is 4.69. The third-order valence-electron chi connectivity index (χ3n) is 3.14. The zero-order chi connectivity index (χ0) is 8.32. The predicted molar refractivity (Wildman–Crippen MR) is 49.2 cm³/mol. The highest BCUT2D eigenvalue weighted by Gasteiger charge is 2.32. The van der Waals surface area contributed by atoms with Crippen LogP contribution in [0.25, 0.3) is 0 Å². The van der Waals surface area contributed by atoms with Crippen LogP contribution in [0.5, 0.6) is 0 Å². The predicted octanol–water partition coefficient (Wildman–Crippen LogP) is 3.23. The van der Waals surface area contributed by atoms with Gasteiger partial charge in [-0.2, -0.15) is 0 Å². The maximum absolute atomic E-state index is 5.59. The van der Waals surface area contributed by atoms with Crippen molar-refractivity contribution in [1.82, 2.24) is 0 Å². The summed E-state index contributed by atoms with van der Waals surface area (Å²) in [6.45, 7) is 4.51. The Kier molecular flexibility index (Phi) is 2.60. The average molecular weight is 150 g/mol. The maximum Gasteiger partial charge on any atom is 0.0335 e. The molecule has 0 unspecified atom stereocenters. The third-order valence-corrected chi connectivity index (χ3v) is 3.14. The quantitative estimate of drug-likeness (QED) is 0.503. The molecule has 0 aromatic heterocycles. The second-order valence-electron chi connectivity index (χ2n) is 4.02. The van der Waals surface area contributed by atoms with Crippen LogP contribution < -0.4 is 0 Å². The number of hydrogen-bond acceptors (Lipinski definition) is 0. The van der Waals surface area contributed by atoms with E-state index in [1.54, 1.807) is 0 Å². The highest BCUT2D eigenvalue weighted by atomic mass is 14.4. The summed E-state index contributed by atoms with van der Waals surface area (Å²) in [5.41, 5.74) is 0.248. The molecule has 0 aromatic carbocycles. The lowest BCUT2D eigenvalue weighted by molar-refractivity contribution is 0.194. The van der Waals surface area contributed by atoms with Crippen molar-refractivity contribution in [2.24, 2.45) is 11.3 Å². The maximum atomic E-state index is 5.59. The average Bonchev–Trinajstić information content (AvgIpc) is 2.05. The van der Waals surface area contributed by atoms with Gasteiger partial charge in [-0.3, -0.25) is 0 Å². The van der Waals surface area contributed by atoms with E-state index in [1.165, 1.54) is 32.1 Å². The molecule has 11 heavy (non-hydrogen) atoms. The van der Waals surface area contributed by atoms with Gasteiger partial charge in [0.2, 0.25) is 0 Å². The summed E-state index contributed by atoms with van der Waals surface area (Å²) in [7, 11) is 0. The first kappa shape index (κ1) is 8.65. The lowest BCUT2D eigenvalue weighted by Gasteiger charge is -2.36. The molecule has 1 aliphatic carbocycles. The smallest absolute Gasteiger partial charge is 0.0335 e. The minimum atomic E-state index is 0.248. The van der Waals surface area contributed by atoms with Crippen molar-refractivity contribution in [3.8, 4) is 12.3 Å². The van der Waals surface area contributed by atoms with Crippen molar-refractivity contribution in [2.45, 2.75) is 46.0 Å². The van der Waals surface area contributed by atoms with E-state index in [4.69, 9.17) is 6.42 Å². The Morgan fingerprint density at radius 2 is 1.73 bits per heavy atom. The monoisotopic (exact) mass is 150 g/mol. The van der Waals surface area contributed by atoms with Gasteiger partial charge in [0, 0.05) is 5.41 Å². The van der Waals surface area contributed by atoms with E-state index in [0.717, 1.165) is 0 Å². The molecular weight excluding hydrogens is 132 g/mol. The Balaban J connectivity index is 2.67. The molecule has 0 heteroatoms. The number of terminal acetylenes is 1. The fraction of sp³-hybridized carbons (Fsp3) is 0.818. The van der Waals surface area contributed by atoms with Crippen LogP contribution in [0.1, 0.15) is 46.0 Å². The van der Waals surface area contributed by atoms with Crippen LogP contribution in [-0.4, -0.2) is 0 Å². The molecule has 0 amide bonds. The summed E-state index contributed by atoms with van der Waals surface area (Å²) >= 11 is 0. The second-order valence-corrected chi connectivity index (χ2v) is 4.02. The van der Waals surface area contributed by atoms with Gasteiger partial charge in [0.15, 0.2) is 0 Å². The zero-order valence-corrected chi connectivity index (χ0v) is 7.69. The molecule has 1 fully saturated rings. The molecule has 1 rings (SSSR count). The van der Waals surface area contributed by atoms with E-state index in [2.05, 4.69) is 19.8 Å². The van der Waals surface area contributed by atoms with Gasteiger partial charge in [-0.25, -0.2) is 0 Å². The van der Waals surface area contributed by atoms with E-state index in [9.17, 15) is 0 Å². The first-order chi connectivity index (χ1) is 5.21. The summed E-state index contributed by atoms with van der Waals surface area (Å²) in [5.74, 6) is 3.68. The molecule has 62 valence electrons. The van der Waals surface area contributed by atoms with Crippen molar-refractivity contribution in [3.63, 3.8) is 0 Å². The number of hydrogen-bond donors (Lipinski definition) is 0. The summed E-state index contributed by atoms with van der Waals surface area (Å²) in [4.78, 5) is 0. The molecule has 1 aliphatic rings. The lowest BCUT2D eigenvalue weighted by atomic mass is 9.68. The molecule has 0 nitrogen and oxygen atoms in total. The summed E-state index contributed by atoms with van der Waals surface area (Å²) in [6, 6.07) is 0. The van der Waals surface area contributed by atoms with Crippen LogP contribution >= 0.6 is 0 Å². The van der Waals surface area contributed by atoms with E-state index >= 15 is 0 Å². The topological polar surface area (TPSA) is 0 Å². The van der Waals surface area contributed by atoms with Crippen LogP contribution in [0.3, 0.4) is 0 Å². The molecule has 0 aliphatic heterocycles. The van der Waals surface area contributed by atoms with E-state index in [1.807, 2.05) is 0 Å². The van der Waals surface area contributed by atoms with E-state index in [0.29, 0.717) is 5.92 Å². The normalized spacial score (nSPS) is 23.1. The van der Waals surface area contributed by atoms with Crippen molar-refractivity contribution >= 4 is 0 Å². The minimum Gasteiger partial charge on any atom is -0.120 e. The van der Waals surface area contributed by atoms with Crippen molar-refractivity contribution < 1.29 is 0 Å². The molecule has 0 heterocycles. The van der Waals surface area contributed by atoms with Gasteiger partial charge in [-0.05, 0) is 18.8 Å². The van der Waals surface area contributed by atoms with Crippen molar-refractivity contribution in [3.05, 3.63) is 0 Å². The van der Waals surface area contributed by atoms with Gasteiger partial charge in [-0.1, -0.05) is 39.0 Å². The molecule has 0 atom stereocenters. The fourth-order valence-corrected chi connectivity index (χ4v) is 2.07.